The Bertz CT molecular complexity index is 1780. The van der Waals surface area contributed by atoms with Crippen LogP contribution in [-0.4, -0.2) is 57.0 Å². The summed E-state index contributed by atoms with van der Waals surface area (Å²) in [6.07, 6.45) is 0.957. The maximum Gasteiger partial charge on any atom is 0.264 e. The zero-order valence-electron chi connectivity index (χ0n) is 27.0. The summed E-state index contributed by atoms with van der Waals surface area (Å²) < 4.78 is 41.0. The van der Waals surface area contributed by atoms with Crippen molar-refractivity contribution >= 4 is 27.5 Å². The summed E-state index contributed by atoms with van der Waals surface area (Å²) in [4.78, 5) is 30.2. The van der Waals surface area contributed by atoms with Gasteiger partial charge in [0.15, 0.2) is 11.5 Å². The van der Waals surface area contributed by atoms with E-state index in [1.54, 1.807) is 36.4 Å². The van der Waals surface area contributed by atoms with Crippen molar-refractivity contribution in [1.82, 2.24) is 10.2 Å². The molecule has 0 aliphatic carbocycles. The number of nitrogens with one attached hydrogen (secondary N) is 1. The number of amides is 2. The number of ether oxygens (including phenoxy) is 2. The van der Waals surface area contributed by atoms with Gasteiger partial charge in [0.2, 0.25) is 11.8 Å². The third-order valence-electron chi connectivity index (χ3n) is 8.13. The summed E-state index contributed by atoms with van der Waals surface area (Å²) in [7, 11) is -4.23. The van der Waals surface area contributed by atoms with Crippen LogP contribution in [0.2, 0.25) is 0 Å². The van der Waals surface area contributed by atoms with Crippen molar-refractivity contribution < 1.29 is 27.5 Å². The number of carbonyl (C=O) groups is 2. The summed E-state index contributed by atoms with van der Waals surface area (Å²) in [5, 5.41) is 3.06. The number of anilines is 1. The highest BCUT2D eigenvalue weighted by atomic mass is 32.2. The van der Waals surface area contributed by atoms with Crippen molar-refractivity contribution in [2.24, 2.45) is 0 Å². The van der Waals surface area contributed by atoms with Crippen LogP contribution in [0.15, 0.2) is 108 Å². The molecule has 0 fully saturated rings. The Labute approximate surface area is 277 Å². The Balaban J connectivity index is 1.59. The predicted molar refractivity (Wildman–Crippen MR) is 182 cm³/mol. The van der Waals surface area contributed by atoms with Crippen LogP contribution in [0, 0.1) is 6.92 Å². The van der Waals surface area contributed by atoms with Crippen LogP contribution in [0.25, 0.3) is 0 Å². The Morgan fingerprint density at radius 3 is 2.17 bits per heavy atom. The van der Waals surface area contributed by atoms with Gasteiger partial charge in [-0.1, -0.05) is 85.3 Å². The number of benzene rings is 4. The highest BCUT2D eigenvalue weighted by molar-refractivity contribution is 7.92. The smallest absolute Gasteiger partial charge is 0.264 e. The number of nitrogens with zero attached hydrogens (tertiary/aromatic N) is 2. The monoisotopic (exact) mass is 655 g/mol. The molecular formula is C37H41N3O6S. The number of rotatable bonds is 13. The first-order valence-corrected chi connectivity index (χ1v) is 17.3. The first-order valence-electron chi connectivity index (χ1n) is 15.8. The van der Waals surface area contributed by atoms with Gasteiger partial charge in [-0.15, -0.1) is 0 Å². The van der Waals surface area contributed by atoms with Crippen LogP contribution in [0.4, 0.5) is 5.69 Å². The van der Waals surface area contributed by atoms with Gasteiger partial charge in [0.25, 0.3) is 10.0 Å². The van der Waals surface area contributed by atoms with E-state index in [2.05, 4.69) is 5.32 Å². The minimum absolute atomic E-state index is 0.0308. The second-order valence-corrected chi connectivity index (χ2v) is 13.5. The second kappa shape index (κ2) is 15.2. The molecule has 2 atom stereocenters. The maximum absolute atomic E-state index is 14.7. The van der Waals surface area contributed by atoms with E-state index in [4.69, 9.17) is 9.47 Å². The molecule has 1 aliphatic rings. The van der Waals surface area contributed by atoms with Gasteiger partial charge in [0, 0.05) is 25.1 Å². The van der Waals surface area contributed by atoms with Crippen molar-refractivity contribution in [3.8, 4) is 11.5 Å². The molecule has 2 amide bonds. The molecule has 4 aromatic carbocycles. The van der Waals surface area contributed by atoms with Crippen LogP contribution in [0.3, 0.4) is 0 Å². The Hall–Kier alpha value is -4.83. The quantitative estimate of drug-likeness (QED) is 0.204. The normalized spacial score (nSPS) is 13.7. The van der Waals surface area contributed by atoms with Gasteiger partial charge in [-0.3, -0.25) is 13.9 Å². The summed E-state index contributed by atoms with van der Waals surface area (Å²) in [6.45, 7) is 6.11. The lowest BCUT2D eigenvalue weighted by molar-refractivity contribution is -0.140. The first kappa shape index (κ1) is 33.5. The lowest BCUT2D eigenvalue weighted by Gasteiger charge is -2.34. The number of aryl methyl sites for hydroxylation is 1. The summed E-state index contributed by atoms with van der Waals surface area (Å²) >= 11 is 0. The van der Waals surface area contributed by atoms with Gasteiger partial charge >= 0.3 is 0 Å². The van der Waals surface area contributed by atoms with E-state index in [9.17, 15) is 18.0 Å². The molecule has 1 N–H and O–H groups in total. The number of hydrogen-bond acceptors (Lipinski definition) is 6. The molecule has 0 saturated heterocycles. The second-order valence-electron chi connectivity index (χ2n) is 11.7. The topological polar surface area (TPSA) is 105 Å². The third-order valence-corrected chi connectivity index (χ3v) is 9.92. The van der Waals surface area contributed by atoms with E-state index in [1.807, 2.05) is 75.4 Å². The number of sulfonamides is 1. The molecule has 10 heteroatoms. The third kappa shape index (κ3) is 8.31. The van der Waals surface area contributed by atoms with Crippen LogP contribution in [0.1, 0.15) is 37.0 Å². The van der Waals surface area contributed by atoms with Gasteiger partial charge in [0.1, 0.15) is 25.8 Å². The highest BCUT2D eigenvalue weighted by Gasteiger charge is 2.35. The largest absolute Gasteiger partial charge is 0.486 e. The number of hydrogen-bond donors (Lipinski definition) is 1. The molecular weight excluding hydrogens is 614 g/mol. The maximum atomic E-state index is 14.7. The average molecular weight is 656 g/mol. The predicted octanol–water partition coefficient (Wildman–Crippen LogP) is 5.52. The molecule has 0 spiro atoms. The molecule has 5 rings (SSSR count). The van der Waals surface area contributed by atoms with E-state index >= 15 is 0 Å². The van der Waals surface area contributed by atoms with Gasteiger partial charge in [-0.25, -0.2) is 8.42 Å². The molecule has 0 radical (unpaired) electrons. The molecule has 47 heavy (non-hydrogen) atoms. The lowest BCUT2D eigenvalue weighted by atomic mass is 10.0. The minimum Gasteiger partial charge on any atom is -0.486 e. The van der Waals surface area contributed by atoms with Crippen molar-refractivity contribution in [2.75, 3.05) is 24.1 Å². The van der Waals surface area contributed by atoms with Crippen LogP contribution in [0.5, 0.6) is 11.5 Å². The van der Waals surface area contributed by atoms with Crippen LogP contribution >= 0.6 is 0 Å². The molecule has 0 aromatic heterocycles. The van der Waals surface area contributed by atoms with Gasteiger partial charge < -0.3 is 19.7 Å². The van der Waals surface area contributed by atoms with E-state index in [-0.39, 0.29) is 35.5 Å². The SMILES string of the molecule is CC[C@@H](C)NC(=O)[C@@H](Cc1ccccc1)N(Cc1cccc(C)c1)C(=O)CN(c1ccc2c(c1)OCCO2)S(=O)(=O)c1ccccc1. The molecule has 4 aromatic rings. The fourth-order valence-corrected chi connectivity index (χ4v) is 6.86. The zero-order chi connectivity index (χ0) is 33.4. The summed E-state index contributed by atoms with van der Waals surface area (Å²) in [5.41, 5.74) is 2.94. The van der Waals surface area contributed by atoms with E-state index < -0.39 is 28.5 Å². The number of carbonyl (C=O) groups excluding carboxylic acids is 2. The first-order chi connectivity index (χ1) is 22.7. The molecule has 9 nitrogen and oxygen atoms in total. The molecule has 246 valence electrons. The van der Waals surface area contributed by atoms with Crippen molar-refractivity contribution in [3.05, 3.63) is 120 Å². The van der Waals surface area contributed by atoms with Crippen molar-refractivity contribution in [1.29, 1.82) is 0 Å². The molecule has 0 unspecified atom stereocenters. The lowest BCUT2D eigenvalue weighted by Crippen LogP contribution is -2.54. The molecule has 1 heterocycles. The van der Waals surface area contributed by atoms with Gasteiger partial charge in [0.05, 0.1) is 10.6 Å². The minimum atomic E-state index is -4.23. The van der Waals surface area contributed by atoms with Gasteiger partial charge in [-0.05, 0) is 55.7 Å². The highest BCUT2D eigenvalue weighted by Crippen LogP contribution is 2.36. The van der Waals surface area contributed by atoms with Crippen molar-refractivity contribution in [3.63, 3.8) is 0 Å². The van der Waals surface area contributed by atoms with Gasteiger partial charge in [-0.2, -0.15) is 0 Å². The van der Waals surface area contributed by atoms with E-state index in [1.165, 1.54) is 17.0 Å². The summed E-state index contributed by atoms with van der Waals surface area (Å²) in [5.74, 6) is 0.0530. The molecule has 0 saturated carbocycles. The van der Waals surface area contributed by atoms with Crippen LogP contribution in [-0.2, 0) is 32.6 Å². The average Bonchev–Trinajstić information content (AvgIpc) is 3.09. The Morgan fingerprint density at radius 2 is 1.49 bits per heavy atom. The zero-order valence-corrected chi connectivity index (χ0v) is 27.8. The molecule has 0 bridgehead atoms. The van der Waals surface area contributed by atoms with Crippen molar-refractivity contribution in [2.45, 2.75) is 57.1 Å². The Morgan fingerprint density at radius 1 is 0.830 bits per heavy atom. The fraction of sp³-hybridized carbons (Fsp3) is 0.297. The standard InChI is InChI=1S/C37H41N3O6S/c1-4-28(3)38-37(42)33(23-29-13-7-5-8-14-29)39(25-30-15-11-12-27(2)22-30)36(41)26-40(47(43,44)32-16-9-6-10-17-32)31-18-19-34-35(24-31)46-21-20-45-34/h5-19,22,24,28,33H,4,20-21,23,25-26H2,1-3H3,(H,38,42)/t28-,33-/m1/s1. The fourth-order valence-electron chi connectivity index (χ4n) is 5.44. The molecule has 1 aliphatic heterocycles. The van der Waals surface area contributed by atoms with E-state index in [0.717, 1.165) is 21.0 Å². The Kier molecular flexibility index (Phi) is 10.8. The number of fused-ring (bicyclic) bond motifs is 1. The van der Waals surface area contributed by atoms with Crippen LogP contribution < -0.4 is 19.1 Å². The van der Waals surface area contributed by atoms with E-state index in [0.29, 0.717) is 31.1 Å². The summed E-state index contributed by atoms with van der Waals surface area (Å²) in [6, 6.07) is 29.0.